The molecule has 0 aliphatic heterocycles. The lowest BCUT2D eigenvalue weighted by Crippen LogP contribution is -1.78. The predicted octanol–water partition coefficient (Wildman–Crippen LogP) is 4.10. The topological polar surface area (TPSA) is 0 Å². The summed E-state index contributed by atoms with van der Waals surface area (Å²) in [6.45, 7) is 2.12. The van der Waals surface area contributed by atoms with E-state index >= 15 is 0 Å². The summed E-state index contributed by atoms with van der Waals surface area (Å²) in [4.78, 5) is 0. The van der Waals surface area contributed by atoms with Gasteiger partial charge in [-0.2, -0.15) is 0 Å². The second-order valence-electron chi connectivity index (χ2n) is 3.92. The van der Waals surface area contributed by atoms with Crippen LogP contribution in [0, 0.1) is 13.0 Å². The average molecular weight is 191 g/mol. The summed E-state index contributed by atoms with van der Waals surface area (Å²) in [5.41, 5.74) is 1.30. The van der Waals surface area contributed by atoms with Crippen molar-refractivity contribution < 1.29 is 0 Å². The van der Waals surface area contributed by atoms with Gasteiger partial charge < -0.3 is 0 Å². The van der Waals surface area contributed by atoms with Crippen molar-refractivity contribution in [3.05, 3.63) is 60.2 Å². The van der Waals surface area contributed by atoms with E-state index in [1.54, 1.807) is 0 Å². The molecule has 0 atom stereocenters. The molecule has 15 heavy (non-hydrogen) atoms. The first-order valence-corrected chi connectivity index (χ1v) is 5.14. The molecule has 3 aromatic carbocycles. The SMILES string of the molecule is Cc1ccc2c(c[c]c3ccccc32)c1. The van der Waals surface area contributed by atoms with E-state index in [0.717, 1.165) is 0 Å². The lowest BCUT2D eigenvalue weighted by atomic mass is 10.0. The third-order valence-corrected chi connectivity index (χ3v) is 2.81. The first-order valence-electron chi connectivity index (χ1n) is 5.14. The van der Waals surface area contributed by atoms with Crippen LogP contribution in [0.1, 0.15) is 5.56 Å². The smallest absolute Gasteiger partial charge is 0.00926 e. The van der Waals surface area contributed by atoms with Crippen molar-refractivity contribution in [2.24, 2.45) is 0 Å². The Bertz CT molecular complexity index is 636. The molecule has 0 N–H and O–H groups in total. The van der Waals surface area contributed by atoms with Crippen molar-refractivity contribution in [3.63, 3.8) is 0 Å². The van der Waals surface area contributed by atoms with Crippen LogP contribution in [0.3, 0.4) is 0 Å². The Kier molecular flexibility index (Phi) is 1.75. The molecule has 1 radical (unpaired) electrons. The second kappa shape index (κ2) is 3.09. The first kappa shape index (κ1) is 8.49. The molecular weight excluding hydrogens is 180 g/mol. The lowest BCUT2D eigenvalue weighted by molar-refractivity contribution is 1.51. The first-order chi connectivity index (χ1) is 7.34. The highest BCUT2D eigenvalue weighted by Gasteiger charge is 1.99. The molecule has 0 heteroatoms. The fourth-order valence-electron chi connectivity index (χ4n) is 2.05. The van der Waals surface area contributed by atoms with E-state index in [-0.39, 0.29) is 0 Å². The number of rotatable bonds is 0. The van der Waals surface area contributed by atoms with Crippen LogP contribution in [-0.4, -0.2) is 0 Å². The Hall–Kier alpha value is -1.82. The molecule has 0 aliphatic rings. The molecule has 71 valence electrons. The predicted molar refractivity (Wildman–Crippen MR) is 65.0 cm³/mol. The van der Waals surface area contributed by atoms with Crippen molar-refractivity contribution in [2.45, 2.75) is 6.92 Å². The third kappa shape index (κ3) is 1.30. The summed E-state index contributed by atoms with van der Waals surface area (Å²) in [5.74, 6) is 0. The van der Waals surface area contributed by atoms with Crippen LogP contribution in [0.4, 0.5) is 0 Å². The van der Waals surface area contributed by atoms with E-state index in [9.17, 15) is 0 Å². The third-order valence-electron chi connectivity index (χ3n) is 2.81. The quantitative estimate of drug-likeness (QED) is 0.469. The van der Waals surface area contributed by atoms with Crippen molar-refractivity contribution in [2.75, 3.05) is 0 Å². The molecule has 0 aliphatic carbocycles. The number of fused-ring (bicyclic) bond motifs is 3. The maximum atomic E-state index is 3.32. The summed E-state index contributed by atoms with van der Waals surface area (Å²) < 4.78 is 0. The fourth-order valence-corrected chi connectivity index (χ4v) is 2.05. The van der Waals surface area contributed by atoms with Crippen LogP contribution < -0.4 is 0 Å². The Balaban J connectivity index is 2.55. The van der Waals surface area contributed by atoms with Gasteiger partial charge in [0.1, 0.15) is 0 Å². The lowest BCUT2D eigenvalue weighted by Gasteiger charge is -2.03. The molecule has 3 rings (SSSR count). The van der Waals surface area contributed by atoms with Gasteiger partial charge in [0.2, 0.25) is 0 Å². The van der Waals surface area contributed by atoms with Crippen LogP contribution in [0.2, 0.25) is 0 Å². The van der Waals surface area contributed by atoms with Gasteiger partial charge in [-0.1, -0.05) is 48.0 Å². The van der Waals surface area contributed by atoms with Gasteiger partial charge >= 0.3 is 0 Å². The van der Waals surface area contributed by atoms with Gasteiger partial charge in [-0.25, -0.2) is 0 Å². The van der Waals surface area contributed by atoms with Crippen LogP contribution in [0.5, 0.6) is 0 Å². The highest BCUT2D eigenvalue weighted by atomic mass is 14.0. The molecule has 0 saturated carbocycles. The minimum atomic E-state index is 1.19. The zero-order valence-electron chi connectivity index (χ0n) is 8.62. The monoisotopic (exact) mass is 191 g/mol. The standard InChI is InChI=1S/C15H11/c1-11-6-9-15-13(10-11)8-7-12-4-2-3-5-14(12)15/h2-6,8-10H,1H3. The number of hydrogen-bond acceptors (Lipinski definition) is 0. The second-order valence-corrected chi connectivity index (χ2v) is 3.92. The molecule has 0 spiro atoms. The molecule has 0 fully saturated rings. The van der Waals surface area contributed by atoms with E-state index in [4.69, 9.17) is 0 Å². The van der Waals surface area contributed by atoms with Gasteiger partial charge in [0.05, 0.1) is 0 Å². The zero-order valence-corrected chi connectivity index (χ0v) is 8.62. The van der Waals surface area contributed by atoms with Gasteiger partial charge in [-0.15, -0.1) is 0 Å². The maximum Gasteiger partial charge on any atom is -0.00926 e. The fraction of sp³-hybridized carbons (Fsp3) is 0.0667. The molecule has 0 aromatic heterocycles. The van der Waals surface area contributed by atoms with Gasteiger partial charge in [-0.05, 0) is 40.6 Å². The summed E-state index contributed by atoms with van der Waals surface area (Å²) in [5, 5.41) is 5.06. The van der Waals surface area contributed by atoms with Gasteiger partial charge in [-0.3, -0.25) is 0 Å². The summed E-state index contributed by atoms with van der Waals surface area (Å²) in [7, 11) is 0. The van der Waals surface area contributed by atoms with Gasteiger partial charge in [0.25, 0.3) is 0 Å². The Morgan fingerprint density at radius 3 is 2.73 bits per heavy atom. The van der Waals surface area contributed by atoms with E-state index < -0.39 is 0 Å². The summed E-state index contributed by atoms with van der Waals surface area (Å²) in [6.07, 6.45) is 0. The van der Waals surface area contributed by atoms with E-state index in [1.165, 1.54) is 27.1 Å². The Morgan fingerprint density at radius 2 is 1.80 bits per heavy atom. The van der Waals surface area contributed by atoms with Crippen molar-refractivity contribution in [1.29, 1.82) is 0 Å². The van der Waals surface area contributed by atoms with E-state index in [1.807, 2.05) is 0 Å². The van der Waals surface area contributed by atoms with Crippen LogP contribution >= 0.6 is 0 Å². The summed E-state index contributed by atoms with van der Waals surface area (Å²) >= 11 is 0. The van der Waals surface area contributed by atoms with E-state index in [2.05, 4.69) is 61.5 Å². The molecule has 0 heterocycles. The number of hydrogen-bond donors (Lipinski definition) is 0. The summed E-state index contributed by atoms with van der Waals surface area (Å²) in [6, 6.07) is 20.4. The van der Waals surface area contributed by atoms with Crippen molar-refractivity contribution in [1.82, 2.24) is 0 Å². The van der Waals surface area contributed by atoms with Crippen LogP contribution in [0.15, 0.2) is 48.5 Å². The van der Waals surface area contributed by atoms with Crippen molar-refractivity contribution in [3.8, 4) is 0 Å². The molecule has 0 nitrogen and oxygen atoms in total. The molecule has 0 unspecified atom stereocenters. The minimum absolute atomic E-state index is 1.19. The maximum absolute atomic E-state index is 3.32. The van der Waals surface area contributed by atoms with Crippen molar-refractivity contribution >= 4 is 21.5 Å². The van der Waals surface area contributed by atoms with Gasteiger partial charge in [0.15, 0.2) is 0 Å². The average Bonchev–Trinajstić information content (AvgIpc) is 2.28. The molecular formula is C15H11. The highest BCUT2D eigenvalue weighted by molar-refractivity contribution is 6.07. The number of aryl methyl sites for hydroxylation is 1. The molecule has 3 aromatic rings. The molecule has 0 amide bonds. The normalized spacial score (nSPS) is 11.0. The Morgan fingerprint density at radius 1 is 0.933 bits per heavy atom. The molecule has 0 bridgehead atoms. The van der Waals surface area contributed by atoms with Gasteiger partial charge in [0, 0.05) is 0 Å². The molecule has 0 saturated heterocycles. The highest BCUT2D eigenvalue weighted by Crippen LogP contribution is 2.25. The minimum Gasteiger partial charge on any atom is -0.0616 e. The largest absolute Gasteiger partial charge is 0.0616 e. The van der Waals surface area contributed by atoms with Crippen LogP contribution in [-0.2, 0) is 0 Å². The van der Waals surface area contributed by atoms with Crippen LogP contribution in [0.25, 0.3) is 21.5 Å². The zero-order chi connectivity index (χ0) is 10.3. The number of benzene rings is 3. The van der Waals surface area contributed by atoms with E-state index in [0.29, 0.717) is 0 Å². The Labute approximate surface area is 89.2 Å².